The maximum Gasteiger partial charge on any atom is 0.238 e. The van der Waals surface area contributed by atoms with Crippen LogP contribution in [-0.2, 0) is 11.2 Å². The van der Waals surface area contributed by atoms with Crippen LogP contribution in [0, 0.1) is 6.92 Å². The van der Waals surface area contributed by atoms with E-state index in [2.05, 4.69) is 10.2 Å². The number of aliphatic hydroxyl groups is 4. The Morgan fingerprint density at radius 3 is 2.52 bits per heavy atom. The molecule has 25 heavy (non-hydrogen) atoms. The van der Waals surface area contributed by atoms with E-state index in [0.717, 1.165) is 16.8 Å². The average Bonchev–Trinajstić information content (AvgIpc) is 2.96. The SMILES string of the molecule is Cc1[nH]nc(O[C@@H]2O[C@H](CO)[C@@H](O)[C@H](O)[C@H]2O)c1Cc1ccccc1. The van der Waals surface area contributed by atoms with Crippen LogP contribution < -0.4 is 4.74 Å². The van der Waals surface area contributed by atoms with Gasteiger partial charge in [-0.05, 0) is 12.5 Å². The van der Waals surface area contributed by atoms with Gasteiger partial charge < -0.3 is 29.9 Å². The van der Waals surface area contributed by atoms with Crippen molar-refractivity contribution >= 4 is 0 Å². The highest BCUT2D eigenvalue weighted by Gasteiger charge is 2.45. The fourth-order valence-electron chi connectivity index (χ4n) is 2.81. The number of aliphatic hydroxyl groups excluding tert-OH is 4. The van der Waals surface area contributed by atoms with Gasteiger partial charge in [-0.2, -0.15) is 0 Å². The summed E-state index contributed by atoms with van der Waals surface area (Å²) < 4.78 is 11.0. The van der Waals surface area contributed by atoms with Crippen molar-refractivity contribution in [2.24, 2.45) is 0 Å². The lowest BCUT2D eigenvalue weighted by Gasteiger charge is -2.39. The van der Waals surface area contributed by atoms with Crippen LogP contribution in [0.5, 0.6) is 5.88 Å². The number of ether oxygens (including phenoxy) is 2. The Bertz CT molecular complexity index is 690. The highest BCUT2D eigenvalue weighted by atomic mass is 16.7. The third kappa shape index (κ3) is 3.68. The van der Waals surface area contributed by atoms with E-state index >= 15 is 0 Å². The zero-order valence-electron chi connectivity index (χ0n) is 13.7. The molecule has 0 saturated carbocycles. The predicted octanol–water partition coefficient (Wildman–Crippen LogP) is -0.512. The number of aromatic amines is 1. The van der Waals surface area contributed by atoms with Crippen molar-refractivity contribution < 1.29 is 29.9 Å². The minimum Gasteiger partial charge on any atom is -0.443 e. The highest BCUT2D eigenvalue weighted by Crippen LogP contribution is 2.27. The van der Waals surface area contributed by atoms with E-state index in [1.54, 1.807) is 0 Å². The van der Waals surface area contributed by atoms with Crippen molar-refractivity contribution in [1.29, 1.82) is 0 Å². The molecule has 1 aromatic heterocycles. The van der Waals surface area contributed by atoms with Crippen molar-refractivity contribution in [3.63, 3.8) is 0 Å². The van der Waals surface area contributed by atoms with Gasteiger partial charge in [-0.25, -0.2) is 0 Å². The molecule has 0 aliphatic carbocycles. The minimum absolute atomic E-state index is 0.241. The molecule has 5 N–H and O–H groups in total. The molecule has 0 radical (unpaired) electrons. The van der Waals surface area contributed by atoms with E-state index in [4.69, 9.17) is 9.47 Å². The van der Waals surface area contributed by atoms with Gasteiger partial charge in [-0.1, -0.05) is 30.3 Å². The van der Waals surface area contributed by atoms with Gasteiger partial charge in [-0.3, -0.25) is 5.10 Å². The van der Waals surface area contributed by atoms with E-state index in [0.29, 0.717) is 6.42 Å². The van der Waals surface area contributed by atoms with Crippen molar-refractivity contribution in [3.8, 4) is 5.88 Å². The molecule has 0 bridgehead atoms. The maximum absolute atomic E-state index is 10.1. The molecule has 3 rings (SSSR count). The van der Waals surface area contributed by atoms with Gasteiger partial charge in [0.1, 0.15) is 24.4 Å². The van der Waals surface area contributed by atoms with E-state index in [-0.39, 0.29) is 5.88 Å². The normalized spacial score (nSPS) is 29.6. The molecule has 1 saturated heterocycles. The predicted molar refractivity (Wildman–Crippen MR) is 87.0 cm³/mol. The second-order valence-corrected chi connectivity index (χ2v) is 6.11. The summed E-state index contributed by atoms with van der Waals surface area (Å²) in [5.74, 6) is 0.241. The maximum atomic E-state index is 10.1. The Kier molecular flexibility index (Phi) is 5.36. The average molecular weight is 350 g/mol. The van der Waals surface area contributed by atoms with Crippen molar-refractivity contribution in [2.45, 2.75) is 44.1 Å². The first kappa shape index (κ1) is 17.8. The van der Waals surface area contributed by atoms with Gasteiger partial charge in [0.2, 0.25) is 12.2 Å². The summed E-state index contributed by atoms with van der Waals surface area (Å²) in [5.41, 5.74) is 2.66. The summed E-state index contributed by atoms with van der Waals surface area (Å²) in [5, 5.41) is 45.9. The Hall–Kier alpha value is -1.97. The van der Waals surface area contributed by atoms with E-state index in [1.165, 1.54) is 0 Å². The highest BCUT2D eigenvalue weighted by molar-refractivity contribution is 5.35. The zero-order valence-corrected chi connectivity index (χ0v) is 13.7. The third-order valence-corrected chi connectivity index (χ3v) is 4.34. The molecule has 2 heterocycles. The van der Waals surface area contributed by atoms with E-state index in [1.807, 2.05) is 37.3 Å². The Morgan fingerprint density at radius 2 is 1.84 bits per heavy atom. The zero-order chi connectivity index (χ0) is 18.0. The lowest BCUT2D eigenvalue weighted by molar-refractivity contribution is -0.278. The van der Waals surface area contributed by atoms with E-state index < -0.39 is 37.3 Å². The summed E-state index contributed by atoms with van der Waals surface area (Å²) >= 11 is 0. The Labute approximate surface area is 144 Å². The van der Waals surface area contributed by atoms with Crippen LogP contribution in [0.1, 0.15) is 16.8 Å². The van der Waals surface area contributed by atoms with Crippen LogP contribution in [0.2, 0.25) is 0 Å². The molecule has 8 nitrogen and oxygen atoms in total. The van der Waals surface area contributed by atoms with Crippen LogP contribution in [0.4, 0.5) is 0 Å². The molecular weight excluding hydrogens is 328 g/mol. The number of aromatic nitrogens is 2. The van der Waals surface area contributed by atoms with Crippen LogP contribution >= 0.6 is 0 Å². The lowest BCUT2D eigenvalue weighted by atomic mass is 9.99. The summed E-state index contributed by atoms with van der Waals surface area (Å²) in [6.45, 7) is 1.34. The molecular formula is C17H22N2O6. The van der Waals surface area contributed by atoms with Crippen LogP contribution in [0.15, 0.2) is 30.3 Å². The minimum atomic E-state index is -1.49. The molecule has 0 unspecified atom stereocenters. The second kappa shape index (κ2) is 7.51. The lowest BCUT2D eigenvalue weighted by Crippen LogP contribution is -2.60. The molecule has 1 fully saturated rings. The van der Waals surface area contributed by atoms with Gasteiger partial charge in [0, 0.05) is 17.7 Å². The van der Waals surface area contributed by atoms with Crippen molar-refractivity contribution in [1.82, 2.24) is 10.2 Å². The fourth-order valence-corrected chi connectivity index (χ4v) is 2.81. The monoisotopic (exact) mass is 350 g/mol. The fraction of sp³-hybridized carbons (Fsp3) is 0.471. The molecule has 8 heteroatoms. The number of H-pyrrole nitrogens is 1. The molecule has 5 atom stereocenters. The summed E-state index contributed by atoms with van der Waals surface area (Å²) in [6.07, 6.45) is -6.11. The Balaban J connectivity index is 1.79. The number of nitrogens with zero attached hydrogens (tertiary/aromatic N) is 1. The van der Waals surface area contributed by atoms with Crippen LogP contribution in [0.3, 0.4) is 0 Å². The number of rotatable bonds is 5. The van der Waals surface area contributed by atoms with Gasteiger partial charge in [0.25, 0.3) is 0 Å². The van der Waals surface area contributed by atoms with Crippen molar-refractivity contribution in [2.75, 3.05) is 6.61 Å². The molecule has 1 aliphatic rings. The van der Waals surface area contributed by atoms with Gasteiger partial charge in [-0.15, -0.1) is 5.10 Å². The van der Waals surface area contributed by atoms with Crippen molar-refractivity contribution in [3.05, 3.63) is 47.2 Å². The summed E-state index contributed by atoms with van der Waals surface area (Å²) in [4.78, 5) is 0. The first-order valence-corrected chi connectivity index (χ1v) is 8.06. The smallest absolute Gasteiger partial charge is 0.238 e. The largest absolute Gasteiger partial charge is 0.443 e. The Morgan fingerprint density at radius 1 is 1.12 bits per heavy atom. The third-order valence-electron chi connectivity index (χ3n) is 4.34. The van der Waals surface area contributed by atoms with E-state index in [9.17, 15) is 20.4 Å². The molecule has 136 valence electrons. The molecule has 0 amide bonds. The number of hydrogen-bond donors (Lipinski definition) is 5. The first-order chi connectivity index (χ1) is 12.0. The van der Waals surface area contributed by atoms with Gasteiger partial charge >= 0.3 is 0 Å². The van der Waals surface area contributed by atoms with Gasteiger partial charge in [0.15, 0.2) is 0 Å². The number of hydrogen-bond acceptors (Lipinski definition) is 7. The molecule has 0 spiro atoms. The standard InChI is InChI=1S/C17H22N2O6/c1-9-11(7-10-5-3-2-4-6-10)16(19-18-9)25-17-15(23)14(22)13(21)12(8-20)24-17/h2-6,12-15,17,20-23H,7-8H2,1H3,(H,18,19)/t12-,13-,14+,15-,17+/m1/s1. The topological polar surface area (TPSA) is 128 Å². The molecule has 1 aliphatic heterocycles. The number of benzene rings is 1. The summed E-state index contributed by atoms with van der Waals surface area (Å²) in [6, 6.07) is 9.75. The quantitative estimate of drug-likeness (QED) is 0.491. The molecule has 2 aromatic rings. The number of nitrogens with one attached hydrogen (secondary N) is 1. The second-order valence-electron chi connectivity index (χ2n) is 6.11. The van der Waals surface area contributed by atoms with Crippen LogP contribution in [-0.4, -0.2) is 67.9 Å². The summed E-state index contributed by atoms with van der Waals surface area (Å²) in [7, 11) is 0. The molecule has 1 aromatic carbocycles. The van der Waals surface area contributed by atoms with Crippen LogP contribution in [0.25, 0.3) is 0 Å². The van der Waals surface area contributed by atoms with Gasteiger partial charge in [0.05, 0.1) is 6.61 Å². The number of aryl methyl sites for hydroxylation is 1. The first-order valence-electron chi connectivity index (χ1n) is 8.06.